The SMILES string of the molecule is CC(C)N(C)C/C=C/C(=O)N1CCc2c(sc3ncnc(Nc4cccc(O)c4)c23)C1. The third-order valence-corrected chi connectivity index (χ3v) is 6.72. The van der Waals surface area contributed by atoms with Crippen LogP contribution >= 0.6 is 11.3 Å². The number of anilines is 2. The Morgan fingerprint density at radius 2 is 2.23 bits per heavy atom. The lowest BCUT2D eigenvalue weighted by Crippen LogP contribution is -2.34. The molecular formula is C23H27N5O2S. The number of aromatic nitrogens is 2. The van der Waals surface area contributed by atoms with Crippen LogP contribution in [0.2, 0.25) is 0 Å². The van der Waals surface area contributed by atoms with Gasteiger partial charge >= 0.3 is 0 Å². The molecule has 2 aromatic heterocycles. The second-order valence-corrected chi connectivity index (χ2v) is 9.11. The average Bonchev–Trinajstić information content (AvgIpc) is 3.12. The molecule has 1 aliphatic rings. The summed E-state index contributed by atoms with van der Waals surface area (Å²) in [5.74, 6) is 0.971. The van der Waals surface area contributed by atoms with Gasteiger partial charge in [0.2, 0.25) is 5.91 Å². The zero-order valence-electron chi connectivity index (χ0n) is 18.0. The number of thiophene rings is 1. The topological polar surface area (TPSA) is 81.6 Å². The van der Waals surface area contributed by atoms with Crippen molar-refractivity contribution in [1.82, 2.24) is 19.8 Å². The van der Waals surface area contributed by atoms with Crippen LogP contribution in [0.25, 0.3) is 10.2 Å². The first-order chi connectivity index (χ1) is 14.9. The summed E-state index contributed by atoms with van der Waals surface area (Å²) in [5, 5.41) is 14.1. The first-order valence-corrected chi connectivity index (χ1v) is 11.2. The molecule has 1 aromatic carbocycles. The first-order valence-electron chi connectivity index (χ1n) is 10.4. The Hall–Kier alpha value is -2.97. The largest absolute Gasteiger partial charge is 0.508 e. The molecule has 0 spiro atoms. The van der Waals surface area contributed by atoms with Gasteiger partial charge in [-0.15, -0.1) is 11.3 Å². The molecule has 0 bridgehead atoms. The minimum Gasteiger partial charge on any atom is -0.508 e. The van der Waals surface area contributed by atoms with E-state index in [0.29, 0.717) is 19.1 Å². The van der Waals surface area contributed by atoms with Crippen molar-refractivity contribution in [1.29, 1.82) is 0 Å². The summed E-state index contributed by atoms with van der Waals surface area (Å²) in [5.41, 5.74) is 1.97. The third kappa shape index (κ3) is 4.70. The number of fused-ring (bicyclic) bond motifs is 3. The van der Waals surface area contributed by atoms with E-state index in [2.05, 4.69) is 34.0 Å². The Morgan fingerprint density at radius 1 is 1.39 bits per heavy atom. The van der Waals surface area contributed by atoms with Gasteiger partial charge in [-0.3, -0.25) is 4.79 Å². The maximum Gasteiger partial charge on any atom is 0.246 e. The highest BCUT2D eigenvalue weighted by molar-refractivity contribution is 7.19. The maximum absolute atomic E-state index is 12.7. The summed E-state index contributed by atoms with van der Waals surface area (Å²) in [6, 6.07) is 7.41. The van der Waals surface area contributed by atoms with Crippen LogP contribution in [-0.2, 0) is 17.8 Å². The molecule has 0 radical (unpaired) electrons. The molecule has 0 unspecified atom stereocenters. The molecule has 31 heavy (non-hydrogen) atoms. The monoisotopic (exact) mass is 437 g/mol. The van der Waals surface area contributed by atoms with Gasteiger partial charge in [0.05, 0.1) is 11.9 Å². The van der Waals surface area contributed by atoms with Crippen molar-refractivity contribution in [2.24, 2.45) is 0 Å². The van der Waals surface area contributed by atoms with Gasteiger partial charge in [-0.25, -0.2) is 9.97 Å². The predicted octanol–water partition coefficient (Wildman–Crippen LogP) is 3.92. The summed E-state index contributed by atoms with van der Waals surface area (Å²) in [4.78, 5) is 27.7. The van der Waals surface area contributed by atoms with E-state index in [0.717, 1.165) is 39.6 Å². The minimum absolute atomic E-state index is 0.0458. The number of nitrogens with zero attached hydrogens (tertiary/aromatic N) is 4. The van der Waals surface area contributed by atoms with Gasteiger partial charge in [-0.1, -0.05) is 12.1 Å². The van der Waals surface area contributed by atoms with Gasteiger partial charge in [-0.2, -0.15) is 0 Å². The first kappa shape index (κ1) is 21.3. The molecule has 3 heterocycles. The van der Waals surface area contributed by atoms with Gasteiger partial charge in [0.15, 0.2) is 0 Å². The quantitative estimate of drug-likeness (QED) is 0.569. The summed E-state index contributed by atoms with van der Waals surface area (Å²) in [6.07, 6.45) is 5.94. The van der Waals surface area contributed by atoms with Crippen molar-refractivity contribution in [2.75, 3.05) is 25.5 Å². The molecule has 8 heteroatoms. The Kier molecular flexibility index (Phi) is 6.20. The third-order valence-electron chi connectivity index (χ3n) is 5.59. The fourth-order valence-electron chi connectivity index (χ4n) is 3.57. The van der Waals surface area contributed by atoms with Crippen molar-refractivity contribution in [3.8, 4) is 5.75 Å². The minimum atomic E-state index is 0.0458. The molecule has 2 N–H and O–H groups in total. The number of likely N-dealkylation sites (N-methyl/N-ethyl adjacent to an activating group) is 1. The number of carbonyl (C=O) groups is 1. The van der Waals surface area contributed by atoms with Crippen molar-refractivity contribution in [3.05, 3.63) is 53.2 Å². The van der Waals surface area contributed by atoms with Crippen LogP contribution < -0.4 is 5.32 Å². The lowest BCUT2D eigenvalue weighted by molar-refractivity contribution is -0.126. The molecule has 0 saturated heterocycles. The zero-order valence-corrected chi connectivity index (χ0v) is 18.8. The molecule has 0 fully saturated rings. The molecule has 0 saturated carbocycles. The maximum atomic E-state index is 12.7. The number of hydrogen-bond donors (Lipinski definition) is 2. The number of phenolic OH excluding ortho intramolecular Hbond substituents is 1. The number of aromatic hydroxyl groups is 1. The number of hydrogen-bond acceptors (Lipinski definition) is 7. The standard InChI is InChI=1S/C23H27N5O2S/c1-15(2)27(3)10-5-8-20(30)28-11-9-18-19(13-28)31-23-21(18)22(24-14-25-23)26-16-6-4-7-17(29)12-16/h4-8,12,14-15,29H,9-11,13H2,1-3H3,(H,24,25,26)/b8-5+. The van der Waals surface area contributed by atoms with Crippen LogP contribution in [0.1, 0.15) is 24.3 Å². The van der Waals surface area contributed by atoms with E-state index in [9.17, 15) is 9.90 Å². The highest BCUT2D eigenvalue weighted by atomic mass is 32.1. The number of phenols is 1. The van der Waals surface area contributed by atoms with Crippen LogP contribution in [0.15, 0.2) is 42.7 Å². The Labute approximate surface area is 186 Å². The highest BCUT2D eigenvalue weighted by Crippen LogP contribution is 2.38. The predicted molar refractivity (Wildman–Crippen MR) is 125 cm³/mol. The Balaban J connectivity index is 1.53. The van der Waals surface area contributed by atoms with Crippen LogP contribution in [0.4, 0.5) is 11.5 Å². The van der Waals surface area contributed by atoms with Crippen molar-refractivity contribution >= 4 is 39.0 Å². The van der Waals surface area contributed by atoms with E-state index in [4.69, 9.17) is 0 Å². The second-order valence-electron chi connectivity index (χ2n) is 8.03. The van der Waals surface area contributed by atoms with Crippen LogP contribution in [0.5, 0.6) is 5.75 Å². The number of carbonyl (C=O) groups excluding carboxylic acids is 1. The fraction of sp³-hybridized carbons (Fsp3) is 0.348. The van der Waals surface area contributed by atoms with Gasteiger partial charge in [0, 0.05) is 41.8 Å². The number of benzene rings is 1. The Bertz CT molecular complexity index is 1120. The van der Waals surface area contributed by atoms with Crippen molar-refractivity contribution in [2.45, 2.75) is 32.9 Å². The molecule has 7 nitrogen and oxygen atoms in total. The summed E-state index contributed by atoms with van der Waals surface area (Å²) in [7, 11) is 2.05. The van der Waals surface area contributed by atoms with Gasteiger partial charge in [0.25, 0.3) is 0 Å². The zero-order chi connectivity index (χ0) is 22.0. The Morgan fingerprint density at radius 3 is 3.00 bits per heavy atom. The second kappa shape index (κ2) is 9.03. The van der Waals surface area contributed by atoms with Crippen LogP contribution in [-0.4, -0.2) is 57.0 Å². The lowest BCUT2D eigenvalue weighted by Gasteiger charge is -2.26. The summed E-state index contributed by atoms with van der Waals surface area (Å²) >= 11 is 1.61. The molecule has 0 aliphatic carbocycles. The molecule has 162 valence electrons. The average molecular weight is 438 g/mol. The van der Waals surface area contributed by atoms with Gasteiger partial charge in [-0.05, 0) is 45.0 Å². The van der Waals surface area contributed by atoms with E-state index >= 15 is 0 Å². The molecule has 1 aliphatic heterocycles. The van der Waals surface area contributed by atoms with Gasteiger partial charge in [0.1, 0.15) is 22.7 Å². The van der Waals surface area contributed by atoms with Gasteiger partial charge < -0.3 is 20.2 Å². The van der Waals surface area contributed by atoms with Crippen molar-refractivity contribution in [3.63, 3.8) is 0 Å². The van der Waals surface area contributed by atoms with E-state index in [-0.39, 0.29) is 11.7 Å². The normalized spacial score (nSPS) is 14.0. The van der Waals surface area contributed by atoms with E-state index < -0.39 is 0 Å². The van der Waals surface area contributed by atoms with E-state index in [1.165, 1.54) is 5.56 Å². The molecular weight excluding hydrogens is 410 g/mol. The smallest absolute Gasteiger partial charge is 0.246 e. The molecule has 4 rings (SSSR count). The van der Waals surface area contributed by atoms with E-state index in [1.54, 1.807) is 41.9 Å². The van der Waals surface area contributed by atoms with E-state index in [1.807, 2.05) is 24.1 Å². The molecule has 0 atom stereocenters. The molecule has 3 aromatic rings. The van der Waals surface area contributed by atoms with Crippen LogP contribution in [0, 0.1) is 0 Å². The fourth-order valence-corrected chi connectivity index (χ4v) is 4.77. The lowest BCUT2D eigenvalue weighted by atomic mass is 10.0. The van der Waals surface area contributed by atoms with Crippen LogP contribution in [0.3, 0.4) is 0 Å². The molecule has 1 amide bonds. The number of amides is 1. The summed E-state index contributed by atoms with van der Waals surface area (Å²) < 4.78 is 0. The highest BCUT2D eigenvalue weighted by Gasteiger charge is 2.25. The summed E-state index contributed by atoms with van der Waals surface area (Å²) in [6.45, 7) is 6.28. The van der Waals surface area contributed by atoms with Crippen molar-refractivity contribution < 1.29 is 9.90 Å². The number of nitrogens with one attached hydrogen (secondary N) is 1. The number of rotatable bonds is 6.